The number of aliphatic hydroxyl groups excluding tert-OH is 1. The number of hydrogen-bond acceptors (Lipinski definition) is 5. The number of fused-ring (bicyclic) bond motifs is 1. The van der Waals surface area contributed by atoms with Crippen molar-refractivity contribution in [2.24, 2.45) is 0 Å². The predicted molar refractivity (Wildman–Crippen MR) is 114 cm³/mol. The lowest BCUT2D eigenvalue weighted by atomic mass is 10.0. The quantitative estimate of drug-likeness (QED) is 0.649. The van der Waals surface area contributed by atoms with Crippen LogP contribution in [0.5, 0.6) is 0 Å². The van der Waals surface area contributed by atoms with Crippen LogP contribution in [0.4, 0.5) is 11.6 Å². The second-order valence-electron chi connectivity index (χ2n) is 6.58. The molecule has 1 aliphatic heterocycles. The fourth-order valence-corrected chi connectivity index (χ4v) is 3.65. The number of aromatic nitrogens is 3. The highest BCUT2D eigenvalue weighted by atomic mass is 79.9. The lowest BCUT2D eigenvalue weighted by Crippen LogP contribution is -2.42. The Balaban J connectivity index is 1.95. The van der Waals surface area contributed by atoms with Crippen LogP contribution in [0.15, 0.2) is 53.2 Å². The minimum absolute atomic E-state index is 0.113. The van der Waals surface area contributed by atoms with Gasteiger partial charge >= 0.3 is 0 Å². The molecule has 0 aromatic carbocycles. The Morgan fingerprint density at radius 2 is 2.33 bits per heavy atom. The standard InChI is InChI=1S/C20H26BrN5O/c1-3-5-8-15(4-2)12-22-18-11-19(24-20-17(21)13-23-26(18)20)25-10-7-6-9-16(25)14-27/h3-5,8,11,13,16,22,27H,2,6-7,9-10,12,14H2,1H3/b5-3-,15-8+. The summed E-state index contributed by atoms with van der Waals surface area (Å²) < 4.78 is 2.64. The molecule has 144 valence electrons. The smallest absolute Gasteiger partial charge is 0.173 e. The number of hydrogen-bond donors (Lipinski definition) is 2. The SMILES string of the molecule is C=C/C(=C\C=C/C)CNc1cc(N2CCCCC2CO)nc2c(Br)cnn12. The van der Waals surface area contributed by atoms with Crippen LogP contribution in [0.3, 0.4) is 0 Å². The van der Waals surface area contributed by atoms with Crippen molar-refractivity contribution in [3.05, 3.63) is 53.2 Å². The van der Waals surface area contributed by atoms with Crippen LogP contribution in [0.1, 0.15) is 26.2 Å². The van der Waals surface area contributed by atoms with E-state index < -0.39 is 0 Å². The zero-order valence-electron chi connectivity index (χ0n) is 15.6. The third-order valence-electron chi connectivity index (χ3n) is 4.79. The fourth-order valence-electron chi connectivity index (χ4n) is 3.30. The van der Waals surface area contributed by atoms with Crippen molar-refractivity contribution >= 4 is 33.2 Å². The molecule has 3 heterocycles. The van der Waals surface area contributed by atoms with Crippen LogP contribution in [-0.4, -0.2) is 45.4 Å². The molecular weight excluding hydrogens is 406 g/mol. The van der Waals surface area contributed by atoms with Crippen LogP contribution < -0.4 is 10.2 Å². The Morgan fingerprint density at radius 3 is 3.07 bits per heavy atom. The summed E-state index contributed by atoms with van der Waals surface area (Å²) in [5.41, 5.74) is 1.84. The molecule has 2 N–H and O–H groups in total. The van der Waals surface area contributed by atoms with Crippen molar-refractivity contribution < 1.29 is 5.11 Å². The highest BCUT2D eigenvalue weighted by Crippen LogP contribution is 2.28. The molecule has 0 spiro atoms. The van der Waals surface area contributed by atoms with E-state index in [9.17, 15) is 5.11 Å². The summed E-state index contributed by atoms with van der Waals surface area (Å²) in [7, 11) is 0. The van der Waals surface area contributed by atoms with E-state index in [0.29, 0.717) is 6.54 Å². The van der Waals surface area contributed by atoms with Gasteiger partial charge in [0.05, 0.1) is 23.3 Å². The highest BCUT2D eigenvalue weighted by Gasteiger charge is 2.24. The Kier molecular flexibility index (Phi) is 6.68. The van der Waals surface area contributed by atoms with Gasteiger partial charge in [0.2, 0.25) is 0 Å². The van der Waals surface area contributed by atoms with Crippen LogP contribution in [0.2, 0.25) is 0 Å². The number of piperidine rings is 1. The molecule has 2 aromatic rings. The molecule has 0 aliphatic carbocycles. The maximum Gasteiger partial charge on any atom is 0.173 e. The number of anilines is 2. The molecule has 3 rings (SSSR count). The van der Waals surface area contributed by atoms with Crippen molar-refractivity contribution in [3.63, 3.8) is 0 Å². The Morgan fingerprint density at radius 1 is 1.48 bits per heavy atom. The Hall–Kier alpha value is -2.12. The van der Waals surface area contributed by atoms with Gasteiger partial charge < -0.3 is 15.3 Å². The maximum absolute atomic E-state index is 9.77. The van der Waals surface area contributed by atoms with Gasteiger partial charge in [-0.05, 0) is 47.7 Å². The summed E-state index contributed by atoms with van der Waals surface area (Å²) >= 11 is 3.54. The monoisotopic (exact) mass is 431 g/mol. The molecule has 0 saturated carbocycles. The third kappa shape index (κ3) is 4.42. The number of nitrogens with one attached hydrogen (secondary N) is 1. The summed E-state index contributed by atoms with van der Waals surface area (Å²) in [6.45, 7) is 7.55. The topological polar surface area (TPSA) is 65.7 Å². The van der Waals surface area contributed by atoms with Crippen molar-refractivity contribution in [1.29, 1.82) is 0 Å². The van der Waals surface area contributed by atoms with Crippen molar-refractivity contribution in [3.8, 4) is 0 Å². The van der Waals surface area contributed by atoms with Gasteiger partial charge in [-0.2, -0.15) is 9.61 Å². The molecule has 1 saturated heterocycles. The van der Waals surface area contributed by atoms with E-state index >= 15 is 0 Å². The first-order valence-electron chi connectivity index (χ1n) is 9.28. The molecule has 1 aliphatic rings. The van der Waals surface area contributed by atoms with Gasteiger partial charge in [0.25, 0.3) is 0 Å². The van der Waals surface area contributed by atoms with Gasteiger partial charge in [0, 0.05) is 19.2 Å². The zero-order chi connectivity index (χ0) is 19.2. The van der Waals surface area contributed by atoms with Crippen molar-refractivity contribution in [2.75, 3.05) is 29.9 Å². The van der Waals surface area contributed by atoms with E-state index in [0.717, 1.165) is 53.1 Å². The van der Waals surface area contributed by atoms with E-state index in [2.05, 4.69) is 37.8 Å². The summed E-state index contributed by atoms with van der Waals surface area (Å²) in [5, 5.41) is 17.7. The van der Waals surface area contributed by atoms with Gasteiger partial charge in [0.15, 0.2) is 5.65 Å². The van der Waals surface area contributed by atoms with Crippen LogP contribution in [-0.2, 0) is 0 Å². The van der Waals surface area contributed by atoms with Gasteiger partial charge in [-0.15, -0.1) is 0 Å². The van der Waals surface area contributed by atoms with E-state index in [1.54, 1.807) is 10.7 Å². The first kappa shape index (κ1) is 19.6. The Labute approximate surface area is 168 Å². The zero-order valence-corrected chi connectivity index (χ0v) is 17.2. The summed E-state index contributed by atoms with van der Waals surface area (Å²) in [6.07, 6.45) is 12.9. The minimum atomic E-state index is 0.113. The fraction of sp³-hybridized carbons (Fsp3) is 0.400. The lowest BCUT2D eigenvalue weighted by Gasteiger charge is -2.35. The van der Waals surface area contributed by atoms with E-state index in [1.807, 2.05) is 37.3 Å². The first-order chi connectivity index (χ1) is 13.2. The molecule has 0 amide bonds. The summed E-state index contributed by atoms with van der Waals surface area (Å²) in [6, 6.07) is 2.12. The summed E-state index contributed by atoms with van der Waals surface area (Å²) in [5.74, 6) is 1.72. The first-order valence-corrected chi connectivity index (χ1v) is 10.1. The number of rotatable bonds is 7. The molecule has 7 heteroatoms. The molecule has 1 unspecified atom stereocenters. The molecule has 2 aromatic heterocycles. The van der Waals surface area contributed by atoms with Crippen molar-refractivity contribution in [2.45, 2.75) is 32.2 Å². The van der Waals surface area contributed by atoms with Gasteiger partial charge in [-0.25, -0.2) is 4.98 Å². The van der Waals surface area contributed by atoms with E-state index in [4.69, 9.17) is 4.98 Å². The third-order valence-corrected chi connectivity index (χ3v) is 5.35. The Bertz CT molecular complexity index is 857. The van der Waals surface area contributed by atoms with Gasteiger partial charge in [-0.1, -0.05) is 30.9 Å². The number of nitrogens with zero attached hydrogens (tertiary/aromatic N) is 4. The maximum atomic E-state index is 9.77. The molecule has 0 radical (unpaired) electrons. The van der Waals surface area contributed by atoms with Gasteiger partial charge in [0.1, 0.15) is 11.6 Å². The highest BCUT2D eigenvalue weighted by molar-refractivity contribution is 9.10. The molecule has 1 fully saturated rings. The number of allylic oxidation sites excluding steroid dienone is 3. The van der Waals surface area contributed by atoms with Gasteiger partial charge in [-0.3, -0.25) is 0 Å². The largest absolute Gasteiger partial charge is 0.394 e. The second kappa shape index (κ2) is 9.19. The van der Waals surface area contributed by atoms with Crippen LogP contribution >= 0.6 is 15.9 Å². The average Bonchev–Trinajstić information content (AvgIpc) is 3.09. The van der Waals surface area contributed by atoms with Crippen molar-refractivity contribution in [1.82, 2.24) is 14.6 Å². The van der Waals surface area contributed by atoms with Crippen LogP contribution in [0, 0.1) is 0 Å². The normalized spacial score (nSPS) is 18.4. The molecular formula is C20H26BrN5O. The predicted octanol–water partition coefficient (Wildman–Crippen LogP) is 3.94. The number of aliphatic hydroxyl groups is 1. The van der Waals surface area contributed by atoms with E-state index in [1.165, 1.54) is 0 Å². The second-order valence-corrected chi connectivity index (χ2v) is 7.43. The summed E-state index contributed by atoms with van der Waals surface area (Å²) in [4.78, 5) is 7.00. The molecule has 0 bridgehead atoms. The number of halogens is 1. The molecule has 6 nitrogen and oxygen atoms in total. The molecule has 1 atom stereocenters. The lowest BCUT2D eigenvalue weighted by molar-refractivity contribution is 0.239. The molecule has 27 heavy (non-hydrogen) atoms. The minimum Gasteiger partial charge on any atom is -0.394 e. The average molecular weight is 432 g/mol. The van der Waals surface area contributed by atoms with E-state index in [-0.39, 0.29) is 12.6 Å². The van der Waals surface area contributed by atoms with Crippen LogP contribution in [0.25, 0.3) is 5.65 Å².